The maximum atomic E-state index is 15.5. The fraction of sp³-hybridized carbons (Fsp3) is 0.0455. The van der Waals surface area contributed by atoms with Gasteiger partial charge in [-0.15, -0.1) is 0 Å². The largest absolute Gasteiger partial charge is 0.311 e. The summed E-state index contributed by atoms with van der Waals surface area (Å²) in [5.74, 6) is -0.494. The molecule has 0 fully saturated rings. The van der Waals surface area contributed by atoms with Crippen LogP contribution in [0.5, 0.6) is 0 Å². The molecule has 0 amide bonds. The van der Waals surface area contributed by atoms with Crippen molar-refractivity contribution in [2.45, 2.75) is 13.1 Å². The van der Waals surface area contributed by atoms with Gasteiger partial charge in [0.2, 0.25) is 0 Å². The highest BCUT2D eigenvalue weighted by Crippen LogP contribution is 2.48. The normalized spacial score (nSPS) is 14.4. The molecule has 0 radical (unpaired) electrons. The molecule has 0 saturated heterocycles. The highest BCUT2D eigenvalue weighted by molar-refractivity contribution is 7.16. The van der Waals surface area contributed by atoms with Gasteiger partial charge in [0.1, 0.15) is 19.7 Å². The molecule has 0 atom stereocenters. The number of nitrogens with zero attached hydrogens (tertiary/aromatic N) is 2. The molecule has 0 unspecified atom stereocenters. The smallest absolute Gasteiger partial charge is 0.251 e. The molecule has 3 heterocycles. The third-order valence-corrected chi connectivity index (χ3v) is 14.6. The van der Waals surface area contributed by atoms with Crippen molar-refractivity contribution in [3.8, 4) is 22.3 Å². The topological polar surface area (TPSA) is 6.48 Å². The highest BCUT2D eigenvalue weighted by atomic mass is 28.3. The van der Waals surface area contributed by atoms with Crippen molar-refractivity contribution in [3.63, 3.8) is 0 Å². The number of para-hydroxylation sites is 2. The number of benzene rings is 7. The Morgan fingerprint density at radius 3 is 1.16 bits per heavy atom. The van der Waals surface area contributed by atoms with Gasteiger partial charge in [-0.2, -0.15) is 0 Å². The first-order valence-corrected chi connectivity index (χ1v) is 20.1. The van der Waals surface area contributed by atoms with E-state index in [1.54, 1.807) is 12.1 Å². The van der Waals surface area contributed by atoms with E-state index in [9.17, 15) is 0 Å². The summed E-state index contributed by atoms with van der Waals surface area (Å²) in [7, 11) is -2.22. The molecule has 0 N–H and O–H groups in total. The lowest BCUT2D eigenvalue weighted by Gasteiger charge is -2.50. The molecule has 7 aromatic carbocycles. The van der Waals surface area contributed by atoms with Crippen LogP contribution in [0.25, 0.3) is 22.3 Å². The summed E-state index contributed by atoms with van der Waals surface area (Å²) in [6.07, 6.45) is 0. The van der Waals surface area contributed by atoms with Crippen LogP contribution in [-0.4, -0.2) is 14.8 Å². The minimum atomic E-state index is -2.22. The fourth-order valence-electron chi connectivity index (χ4n) is 8.93. The van der Waals surface area contributed by atoms with Crippen LogP contribution >= 0.6 is 0 Å². The van der Waals surface area contributed by atoms with Crippen molar-refractivity contribution in [1.29, 1.82) is 0 Å². The number of rotatable bonds is 4. The number of halogens is 2. The fourth-order valence-corrected chi connectivity index (χ4v) is 12.1. The molecular weight excluding hydrogens is 633 g/mol. The van der Waals surface area contributed by atoms with E-state index >= 15 is 8.78 Å². The van der Waals surface area contributed by atoms with E-state index in [2.05, 4.69) is 89.6 Å². The second-order valence-corrected chi connectivity index (χ2v) is 18.2. The van der Waals surface area contributed by atoms with Gasteiger partial charge in [0.15, 0.2) is 0 Å². The molecule has 0 aromatic heterocycles. The molecule has 0 spiro atoms. The van der Waals surface area contributed by atoms with Gasteiger partial charge in [-0.25, -0.2) is 8.78 Å². The second-order valence-electron chi connectivity index (χ2n) is 13.9. The molecule has 3 aliphatic heterocycles. The summed E-state index contributed by atoms with van der Waals surface area (Å²) < 4.78 is 31.1. The Morgan fingerprint density at radius 1 is 0.380 bits per heavy atom. The van der Waals surface area contributed by atoms with Crippen molar-refractivity contribution in [2.24, 2.45) is 0 Å². The molecule has 6 heteroatoms. The summed E-state index contributed by atoms with van der Waals surface area (Å²) in [5, 5.41) is 2.86. The maximum Gasteiger partial charge on any atom is 0.251 e. The van der Waals surface area contributed by atoms with Crippen LogP contribution in [0.4, 0.5) is 42.9 Å². The van der Waals surface area contributed by atoms with Gasteiger partial charge < -0.3 is 9.80 Å². The zero-order chi connectivity index (χ0) is 33.7. The maximum absolute atomic E-state index is 15.5. The van der Waals surface area contributed by atoms with Crippen LogP contribution < -0.4 is 36.6 Å². The Labute approximate surface area is 292 Å². The summed E-state index contributed by atoms with van der Waals surface area (Å²) >= 11 is 0. The molecule has 3 aliphatic rings. The van der Waals surface area contributed by atoms with Gasteiger partial charge >= 0.3 is 0 Å². The van der Waals surface area contributed by atoms with Crippen molar-refractivity contribution >= 4 is 75.7 Å². The summed E-state index contributed by atoms with van der Waals surface area (Å²) in [6, 6.07) is 50.5. The predicted octanol–water partition coefficient (Wildman–Crippen LogP) is 8.52. The first-order valence-electron chi connectivity index (χ1n) is 17.1. The standard InChI is InChI=1S/C44H31BF2N2Si/c1-50(2)40-26-12-24-38-43(40)45-42-36(48(38)34-20-9-5-16-30(34)28-14-3-7-18-32(28)46)22-11-23-37(42)49(39-25-13-27-41(50)44(39)45)35-21-10-6-17-31(35)29-15-4-8-19-33(29)47/h3-27H,1-2H3. The minimum Gasteiger partial charge on any atom is -0.311 e. The Bertz CT molecular complexity index is 2380. The summed E-state index contributed by atoms with van der Waals surface area (Å²) in [5.41, 5.74) is 13.0. The van der Waals surface area contributed by atoms with E-state index in [4.69, 9.17) is 0 Å². The van der Waals surface area contributed by atoms with Gasteiger partial charge in [0.05, 0.1) is 11.4 Å². The average Bonchev–Trinajstić information content (AvgIpc) is 3.14. The van der Waals surface area contributed by atoms with Crippen LogP contribution in [-0.2, 0) is 0 Å². The lowest BCUT2D eigenvalue weighted by Crippen LogP contribution is -2.79. The minimum absolute atomic E-state index is 0.0212. The summed E-state index contributed by atoms with van der Waals surface area (Å²) in [6.45, 7) is 4.94. The molecule has 0 saturated carbocycles. The first-order chi connectivity index (χ1) is 24.4. The molecule has 0 bridgehead atoms. The second kappa shape index (κ2) is 10.6. The number of anilines is 6. The van der Waals surface area contributed by atoms with E-state index < -0.39 is 8.07 Å². The monoisotopic (exact) mass is 664 g/mol. The third-order valence-electron chi connectivity index (χ3n) is 11.0. The van der Waals surface area contributed by atoms with E-state index in [-0.39, 0.29) is 18.3 Å². The zero-order valence-electron chi connectivity index (χ0n) is 27.7. The molecule has 50 heavy (non-hydrogen) atoms. The lowest BCUT2D eigenvalue weighted by molar-refractivity contribution is 0.631. The first kappa shape index (κ1) is 29.2. The Morgan fingerprint density at radius 2 is 0.720 bits per heavy atom. The van der Waals surface area contributed by atoms with Crippen LogP contribution in [0.2, 0.25) is 13.1 Å². The quantitative estimate of drug-likeness (QED) is 0.174. The summed E-state index contributed by atoms with van der Waals surface area (Å²) in [4.78, 5) is 4.72. The van der Waals surface area contributed by atoms with Gasteiger partial charge in [0, 0.05) is 45.0 Å². The highest BCUT2D eigenvalue weighted by Gasteiger charge is 2.51. The molecule has 238 valence electrons. The van der Waals surface area contributed by atoms with Gasteiger partial charge in [-0.1, -0.05) is 127 Å². The van der Waals surface area contributed by atoms with E-state index in [1.807, 2.05) is 60.7 Å². The molecule has 0 aliphatic carbocycles. The van der Waals surface area contributed by atoms with E-state index in [1.165, 1.54) is 38.9 Å². The molecule has 2 nitrogen and oxygen atoms in total. The molecular formula is C44H31BF2N2Si. The van der Waals surface area contributed by atoms with E-state index in [0.717, 1.165) is 45.3 Å². The zero-order valence-corrected chi connectivity index (χ0v) is 28.7. The lowest BCUT2D eigenvalue weighted by atomic mass is 9.33. The average molecular weight is 665 g/mol. The van der Waals surface area contributed by atoms with Gasteiger partial charge in [-0.05, 0) is 64.9 Å². The Kier molecular flexibility index (Phi) is 6.22. The third kappa shape index (κ3) is 3.88. The van der Waals surface area contributed by atoms with Gasteiger partial charge in [-0.3, -0.25) is 0 Å². The Hall–Kier alpha value is -5.72. The molecule has 10 rings (SSSR count). The van der Waals surface area contributed by atoms with Crippen LogP contribution in [0.1, 0.15) is 0 Å². The van der Waals surface area contributed by atoms with Crippen molar-refractivity contribution in [1.82, 2.24) is 0 Å². The van der Waals surface area contributed by atoms with Crippen molar-refractivity contribution < 1.29 is 8.78 Å². The number of hydrogen-bond acceptors (Lipinski definition) is 2. The molecule has 7 aromatic rings. The van der Waals surface area contributed by atoms with Crippen molar-refractivity contribution in [3.05, 3.63) is 163 Å². The van der Waals surface area contributed by atoms with Crippen molar-refractivity contribution in [2.75, 3.05) is 9.80 Å². The van der Waals surface area contributed by atoms with Crippen LogP contribution in [0, 0.1) is 11.6 Å². The van der Waals surface area contributed by atoms with Gasteiger partial charge in [0.25, 0.3) is 6.71 Å². The Balaban J connectivity index is 1.32. The van der Waals surface area contributed by atoms with E-state index in [0.29, 0.717) is 11.1 Å². The van der Waals surface area contributed by atoms with Crippen LogP contribution in [0.3, 0.4) is 0 Å². The number of hydrogen-bond donors (Lipinski definition) is 0. The predicted molar refractivity (Wildman–Crippen MR) is 208 cm³/mol. The SMILES string of the molecule is C[Si]1(C)c2cccc3c2B2c4c(cccc4N(c4ccccc4-c4ccccc4F)c4cccc1c42)N3c1ccccc1-c1ccccc1F. The van der Waals surface area contributed by atoms with Crippen LogP contribution in [0.15, 0.2) is 152 Å².